The van der Waals surface area contributed by atoms with E-state index in [0.717, 1.165) is 29.8 Å². The number of benzene rings is 1. The largest absolute Gasteiger partial charge is 0.385 e. The number of fused-ring (bicyclic) bond motifs is 1. The molecule has 1 heterocycles. The molecule has 3 heteroatoms. The van der Waals surface area contributed by atoms with Gasteiger partial charge >= 0.3 is 0 Å². The fraction of sp³-hybridized carbons (Fsp3) is 0.533. The zero-order valence-electron chi connectivity index (χ0n) is 11.4. The fourth-order valence-corrected chi connectivity index (χ4v) is 2.15. The molecule has 1 atom stereocenters. The number of aromatic nitrogens is 2. The number of nitrogens with zero attached hydrogens (tertiary/aromatic N) is 2. The monoisotopic (exact) mass is 246 g/mol. The Morgan fingerprint density at radius 1 is 1.28 bits per heavy atom. The quantitative estimate of drug-likeness (QED) is 0.876. The van der Waals surface area contributed by atoms with E-state index >= 15 is 0 Å². The van der Waals surface area contributed by atoms with E-state index in [1.807, 2.05) is 25.1 Å². The van der Waals surface area contributed by atoms with Crippen LogP contribution in [0, 0.1) is 5.92 Å². The van der Waals surface area contributed by atoms with E-state index in [-0.39, 0.29) is 0 Å². The summed E-state index contributed by atoms with van der Waals surface area (Å²) in [5, 5.41) is 10.1. The SMILES string of the molecule is CCC(O)c1nc2ccccc2n1CCC(C)C. The molecule has 0 aliphatic carbocycles. The average molecular weight is 246 g/mol. The van der Waals surface area contributed by atoms with E-state index in [0.29, 0.717) is 12.3 Å². The van der Waals surface area contributed by atoms with E-state index in [1.54, 1.807) is 0 Å². The highest BCUT2D eigenvalue weighted by Gasteiger charge is 2.16. The van der Waals surface area contributed by atoms with Gasteiger partial charge < -0.3 is 9.67 Å². The van der Waals surface area contributed by atoms with Crippen molar-refractivity contribution in [3.8, 4) is 0 Å². The predicted molar refractivity (Wildman–Crippen MR) is 74.4 cm³/mol. The molecule has 1 aromatic heterocycles. The number of aliphatic hydroxyl groups excluding tert-OH is 1. The zero-order valence-corrected chi connectivity index (χ0v) is 11.4. The van der Waals surface area contributed by atoms with Gasteiger partial charge in [-0.15, -0.1) is 0 Å². The number of hydrogen-bond donors (Lipinski definition) is 1. The summed E-state index contributed by atoms with van der Waals surface area (Å²) in [6.45, 7) is 7.34. The first kappa shape index (κ1) is 13.1. The molecule has 0 bridgehead atoms. The number of hydrogen-bond acceptors (Lipinski definition) is 2. The Morgan fingerprint density at radius 2 is 2.00 bits per heavy atom. The van der Waals surface area contributed by atoms with E-state index in [1.165, 1.54) is 0 Å². The maximum Gasteiger partial charge on any atom is 0.138 e. The molecule has 0 aliphatic heterocycles. The van der Waals surface area contributed by atoms with Crippen molar-refractivity contribution in [1.29, 1.82) is 0 Å². The number of aryl methyl sites for hydroxylation is 1. The van der Waals surface area contributed by atoms with Crippen LogP contribution in [0.3, 0.4) is 0 Å². The highest BCUT2D eigenvalue weighted by molar-refractivity contribution is 5.75. The van der Waals surface area contributed by atoms with Gasteiger partial charge in [-0.05, 0) is 30.9 Å². The molecule has 0 saturated heterocycles. The molecule has 1 N–H and O–H groups in total. The summed E-state index contributed by atoms with van der Waals surface area (Å²) >= 11 is 0. The minimum atomic E-state index is -0.468. The summed E-state index contributed by atoms with van der Waals surface area (Å²) in [6.07, 6.45) is 1.33. The molecule has 0 fully saturated rings. The standard InChI is InChI=1S/C15H22N2O/c1-4-14(18)15-16-12-7-5-6-8-13(12)17(15)10-9-11(2)3/h5-8,11,14,18H,4,9-10H2,1-3H3. The van der Waals surface area contributed by atoms with Crippen LogP contribution in [0.2, 0.25) is 0 Å². The summed E-state index contributed by atoms with van der Waals surface area (Å²) in [6, 6.07) is 8.10. The Kier molecular flexibility index (Phi) is 4.02. The second-order valence-electron chi connectivity index (χ2n) is 5.22. The highest BCUT2D eigenvalue weighted by Crippen LogP contribution is 2.23. The van der Waals surface area contributed by atoms with Crippen molar-refractivity contribution in [3.63, 3.8) is 0 Å². The summed E-state index contributed by atoms with van der Waals surface area (Å²) in [5.41, 5.74) is 2.10. The van der Waals surface area contributed by atoms with Crippen LogP contribution >= 0.6 is 0 Å². The van der Waals surface area contributed by atoms with E-state index in [2.05, 4.69) is 29.5 Å². The highest BCUT2D eigenvalue weighted by atomic mass is 16.3. The molecular formula is C15H22N2O. The second-order valence-corrected chi connectivity index (χ2v) is 5.22. The molecule has 98 valence electrons. The summed E-state index contributed by atoms with van der Waals surface area (Å²) in [5.74, 6) is 1.46. The van der Waals surface area contributed by atoms with Crippen molar-refractivity contribution in [2.75, 3.05) is 0 Å². The number of aliphatic hydroxyl groups is 1. The summed E-state index contributed by atoms with van der Waals surface area (Å²) in [7, 11) is 0. The molecule has 2 rings (SSSR count). The molecule has 0 amide bonds. The van der Waals surface area contributed by atoms with Crippen LogP contribution in [0.5, 0.6) is 0 Å². The van der Waals surface area contributed by atoms with E-state index in [4.69, 9.17) is 0 Å². The van der Waals surface area contributed by atoms with Gasteiger partial charge in [0, 0.05) is 6.54 Å². The van der Waals surface area contributed by atoms with Crippen molar-refractivity contribution in [3.05, 3.63) is 30.1 Å². The fourth-order valence-electron chi connectivity index (χ4n) is 2.15. The van der Waals surface area contributed by atoms with Crippen LogP contribution in [0.4, 0.5) is 0 Å². The molecule has 0 spiro atoms. The van der Waals surface area contributed by atoms with Gasteiger partial charge in [0.05, 0.1) is 11.0 Å². The first-order valence-electron chi connectivity index (χ1n) is 6.76. The third kappa shape index (κ3) is 2.56. The Labute approximate surface area is 108 Å². The topological polar surface area (TPSA) is 38.1 Å². The first-order chi connectivity index (χ1) is 8.63. The molecule has 18 heavy (non-hydrogen) atoms. The molecular weight excluding hydrogens is 224 g/mol. The van der Waals surface area contributed by atoms with Gasteiger partial charge in [-0.1, -0.05) is 32.9 Å². The molecule has 1 unspecified atom stereocenters. The molecule has 2 aromatic rings. The Balaban J connectivity index is 2.44. The maximum absolute atomic E-state index is 10.1. The van der Waals surface area contributed by atoms with Crippen molar-refractivity contribution < 1.29 is 5.11 Å². The number of rotatable bonds is 5. The van der Waals surface area contributed by atoms with Crippen LogP contribution in [-0.4, -0.2) is 14.7 Å². The van der Waals surface area contributed by atoms with Crippen molar-refractivity contribution in [1.82, 2.24) is 9.55 Å². The van der Waals surface area contributed by atoms with Crippen LogP contribution in [0.15, 0.2) is 24.3 Å². The average Bonchev–Trinajstić information content (AvgIpc) is 2.74. The summed E-state index contributed by atoms with van der Waals surface area (Å²) < 4.78 is 2.17. The Hall–Kier alpha value is -1.35. The third-order valence-corrected chi connectivity index (χ3v) is 3.30. The zero-order chi connectivity index (χ0) is 13.1. The first-order valence-corrected chi connectivity index (χ1v) is 6.76. The minimum Gasteiger partial charge on any atom is -0.385 e. The van der Waals surface area contributed by atoms with Crippen molar-refractivity contribution in [2.24, 2.45) is 5.92 Å². The molecule has 0 aliphatic rings. The molecule has 0 radical (unpaired) electrons. The molecule has 3 nitrogen and oxygen atoms in total. The lowest BCUT2D eigenvalue weighted by atomic mass is 10.1. The normalized spacial score (nSPS) is 13.4. The lowest BCUT2D eigenvalue weighted by Gasteiger charge is -2.13. The Bertz CT molecular complexity index is 516. The minimum absolute atomic E-state index is 0.468. The van der Waals surface area contributed by atoms with Crippen LogP contribution < -0.4 is 0 Å². The van der Waals surface area contributed by atoms with Gasteiger partial charge in [0.1, 0.15) is 11.9 Å². The lowest BCUT2D eigenvalue weighted by molar-refractivity contribution is 0.159. The molecule has 0 saturated carbocycles. The Morgan fingerprint density at radius 3 is 2.67 bits per heavy atom. The number of para-hydroxylation sites is 2. The van der Waals surface area contributed by atoms with Gasteiger partial charge in [0.25, 0.3) is 0 Å². The maximum atomic E-state index is 10.1. The van der Waals surface area contributed by atoms with Crippen LogP contribution in [-0.2, 0) is 6.54 Å². The van der Waals surface area contributed by atoms with Crippen molar-refractivity contribution >= 4 is 11.0 Å². The van der Waals surface area contributed by atoms with Crippen LogP contribution in [0.25, 0.3) is 11.0 Å². The van der Waals surface area contributed by atoms with E-state index in [9.17, 15) is 5.11 Å². The van der Waals surface area contributed by atoms with Gasteiger partial charge in [-0.25, -0.2) is 4.98 Å². The predicted octanol–water partition coefficient (Wildman–Crippen LogP) is 3.53. The smallest absolute Gasteiger partial charge is 0.138 e. The van der Waals surface area contributed by atoms with Gasteiger partial charge in [-0.2, -0.15) is 0 Å². The molecule has 1 aromatic carbocycles. The third-order valence-electron chi connectivity index (χ3n) is 3.30. The lowest BCUT2D eigenvalue weighted by Crippen LogP contribution is -2.10. The second kappa shape index (κ2) is 5.53. The number of imidazole rings is 1. The van der Waals surface area contributed by atoms with Gasteiger partial charge in [0.2, 0.25) is 0 Å². The van der Waals surface area contributed by atoms with E-state index < -0.39 is 6.10 Å². The van der Waals surface area contributed by atoms with Gasteiger partial charge in [-0.3, -0.25) is 0 Å². The van der Waals surface area contributed by atoms with Crippen LogP contribution in [0.1, 0.15) is 45.5 Å². The summed E-state index contributed by atoms with van der Waals surface area (Å²) in [4.78, 5) is 4.57. The van der Waals surface area contributed by atoms with Gasteiger partial charge in [0.15, 0.2) is 0 Å². The van der Waals surface area contributed by atoms with Crippen molar-refractivity contribution in [2.45, 2.75) is 46.3 Å².